The van der Waals surface area contributed by atoms with Crippen molar-refractivity contribution >= 4 is 16.0 Å². The number of hydrogen-bond acceptors (Lipinski definition) is 3. The lowest BCUT2D eigenvalue weighted by atomic mass is 10.6. The van der Waals surface area contributed by atoms with Crippen molar-refractivity contribution in [2.45, 2.75) is 6.92 Å². The van der Waals surface area contributed by atoms with Crippen LogP contribution in [0.5, 0.6) is 0 Å². The molecule has 0 aliphatic rings. The highest BCUT2D eigenvalue weighted by Gasteiger charge is 1.98. The van der Waals surface area contributed by atoms with Crippen LogP contribution in [0.15, 0.2) is 5.70 Å². The third-order valence-corrected chi connectivity index (χ3v) is 1.17. The van der Waals surface area contributed by atoms with E-state index < -0.39 is 10.0 Å². The van der Waals surface area contributed by atoms with Gasteiger partial charge in [-0.25, -0.2) is 13.2 Å². The molecule has 0 fully saturated rings. The largest absolute Gasteiger partial charge is 0.277 e. The lowest BCUT2D eigenvalue weighted by Crippen LogP contribution is -2.19. The van der Waals surface area contributed by atoms with E-state index in [2.05, 4.69) is 0 Å². The molecule has 5 heteroatoms. The van der Waals surface area contributed by atoms with Gasteiger partial charge in [-0.3, -0.25) is 4.72 Å². The van der Waals surface area contributed by atoms with Crippen molar-refractivity contribution in [2.75, 3.05) is 6.26 Å². The van der Waals surface area contributed by atoms with E-state index >= 15 is 0 Å². The van der Waals surface area contributed by atoms with Crippen molar-refractivity contribution in [3.8, 4) is 0 Å². The van der Waals surface area contributed by atoms with Crippen LogP contribution in [0.4, 0.5) is 0 Å². The van der Waals surface area contributed by atoms with Crippen molar-refractivity contribution in [3.63, 3.8) is 0 Å². The highest BCUT2D eigenvalue weighted by molar-refractivity contribution is 7.88. The average molecular weight is 149 g/mol. The quantitative estimate of drug-likeness (QED) is 0.526. The molecule has 1 N–H and O–H groups in total. The molecule has 0 heterocycles. The molecule has 0 bridgehead atoms. The van der Waals surface area contributed by atoms with Crippen LogP contribution in [-0.2, 0) is 14.8 Å². The van der Waals surface area contributed by atoms with Gasteiger partial charge >= 0.3 is 0 Å². The van der Waals surface area contributed by atoms with Crippen molar-refractivity contribution in [1.82, 2.24) is 4.72 Å². The number of rotatable bonds is 2. The molecule has 0 saturated carbocycles. The van der Waals surface area contributed by atoms with Crippen LogP contribution in [0.25, 0.3) is 0 Å². The van der Waals surface area contributed by atoms with E-state index in [9.17, 15) is 13.2 Å². The molecule has 0 aliphatic heterocycles. The highest BCUT2D eigenvalue weighted by atomic mass is 32.2. The summed E-state index contributed by atoms with van der Waals surface area (Å²) < 4.78 is 22.5. The molecular weight excluding hydrogens is 142 g/mol. The summed E-state index contributed by atoms with van der Waals surface area (Å²) in [4.78, 5) is 9.69. The molecule has 9 heavy (non-hydrogen) atoms. The Labute approximate surface area is 53.6 Å². The zero-order valence-electron chi connectivity index (χ0n) is 5.13. The molecule has 52 valence electrons. The second-order valence-electron chi connectivity index (χ2n) is 1.60. The SMILES string of the molecule is CC(=C=O)NS(C)(=O)=O. The van der Waals surface area contributed by atoms with Gasteiger partial charge in [0.1, 0.15) is 11.6 Å². The molecular formula is C4H7NO3S. The average Bonchev–Trinajstić information content (AvgIpc) is 1.62. The predicted octanol–water partition coefficient (Wildman–Crippen LogP) is -0.729. The van der Waals surface area contributed by atoms with Crippen LogP contribution in [0.1, 0.15) is 6.92 Å². The maximum atomic E-state index is 10.3. The Morgan fingerprint density at radius 3 is 2.11 bits per heavy atom. The maximum Gasteiger partial charge on any atom is 0.230 e. The number of carbonyl (C=O) groups excluding carboxylic acids is 1. The van der Waals surface area contributed by atoms with E-state index in [1.54, 1.807) is 0 Å². The summed E-state index contributed by atoms with van der Waals surface area (Å²) in [7, 11) is -3.28. The topological polar surface area (TPSA) is 63.2 Å². The Morgan fingerprint density at radius 2 is 2.00 bits per heavy atom. The Balaban J connectivity index is 4.25. The first-order valence-electron chi connectivity index (χ1n) is 2.15. The van der Waals surface area contributed by atoms with Gasteiger partial charge < -0.3 is 0 Å². The fourth-order valence-corrected chi connectivity index (χ4v) is 0.897. The van der Waals surface area contributed by atoms with Crippen molar-refractivity contribution in [2.24, 2.45) is 0 Å². The molecule has 0 rings (SSSR count). The van der Waals surface area contributed by atoms with E-state index in [0.29, 0.717) is 0 Å². The standard InChI is InChI=1S/C4H7NO3S/c1-4(3-6)5-9(2,7)8/h5H,1-2H3. The van der Waals surface area contributed by atoms with Gasteiger partial charge in [-0.05, 0) is 6.92 Å². The monoisotopic (exact) mass is 149 g/mol. The van der Waals surface area contributed by atoms with Crippen LogP contribution >= 0.6 is 0 Å². The van der Waals surface area contributed by atoms with Crippen molar-refractivity contribution < 1.29 is 13.2 Å². The maximum absolute atomic E-state index is 10.3. The number of sulfonamides is 1. The molecule has 0 radical (unpaired) electrons. The summed E-state index contributed by atoms with van der Waals surface area (Å²) in [6.07, 6.45) is 0.966. The minimum Gasteiger partial charge on any atom is -0.277 e. The molecule has 0 atom stereocenters. The number of hydrogen-bond donors (Lipinski definition) is 1. The van der Waals surface area contributed by atoms with Gasteiger partial charge in [-0.1, -0.05) is 0 Å². The summed E-state index contributed by atoms with van der Waals surface area (Å²) in [5.74, 6) is 1.40. The first-order valence-corrected chi connectivity index (χ1v) is 4.04. The van der Waals surface area contributed by atoms with Gasteiger partial charge in [0.2, 0.25) is 10.0 Å². The number of allylic oxidation sites excluding steroid dienone is 1. The van der Waals surface area contributed by atoms with E-state index in [4.69, 9.17) is 0 Å². The third-order valence-electron chi connectivity index (χ3n) is 0.492. The molecule has 0 aromatic heterocycles. The van der Waals surface area contributed by atoms with E-state index in [1.807, 2.05) is 4.72 Å². The second-order valence-corrected chi connectivity index (χ2v) is 3.35. The summed E-state index contributed by atoms with van der Waals surface area (Å²) >= 11 is 0. The molecule has 0 unspecified atom stereocenters. The van der Waals surface area contributed by atoms with Gasteiger partial charge in [-0.15, -0.1) is 0 Å². The molecule has 0 saturated heterocycles. The van der Waals surface area contributed by atoms with Gasteiger partial charge in [0.05, 0.1) is 6.26 Å². The molecule has 0 spiro atoms. The van der Waals surface area contributed by atoms with Crippen LogP contribution in [0.3, 0.4) is 0 Å². The second kappa shape index (κ2) is 2.66. The summed E-state index contributed by atoms with van der Waals surface area (Å²) in [6.45, 7) is 1.33. The Kier molecular flexibility index (Phi) is 2.42. The summed E-state index contributed by atoms with van der Waals surface area (Å²) in [5, 5.41) is 0. The van der Waals surface area contributed by atoms with Gasteiger partial charge in [0, 0.05) is 0 Å². The third kappa shape index (κ3) is 5.06. The smallest absolute Gasteiger partial charge is 0.230 e. The normalized spacial score (nSPS) is 10.0. The summed E-state index contributed by atoms with van der Waals surface area (Å²) in [6, 6.07) is 0. The van der Waals surface area contributed by atoms with Gasteiger partial charge in [0.25, 0.3) is 0 Å². The van der Waals surface area contributed by atoms with Crippen molar-refractivity contribution in [1.29, 1.82) is 0 Å². The predicted molar refractivity (Wildman–Crippen MR) is 32.9 cm³/mol. The molecule has 0 aromatic rings. The Morgan fingerprint density at radius 1 is 1.56 bits per heavy atom. The first-order chi connectivity index (χ1) is 3.95. The molecule has 4 nitrogen and oxygen atoms in total. The zero-order chi connectivity index (χ0) is 7.49. The van der Waals surface area contributed by atoms with Gasteiger partial charge in [-0.2, -0.15) is 0 Å². The Bertz CT molecular complexity index is 235. The molecule has 0 amide bonds. The highest BCUT2D eigenvalue weighted by Crippen LogP contribution is 1.80. The fourth-order valence-electron chi connectivity index (χ4n) is 0.299. The minimum absolute atomic E-state index is 0.0301. The first kappa shape index (κ1) is 8.20. The summed E-state index contributed by atoms with van der Waals surface area (Å²) in [5.41, 5.74) is -0.0301. The minimum atomic E-state index is -3.28. The molecule has 0 aromatic carbocycles. The van der Waals surface area contributed by atoms with Crippen LogP contribution < -0.4 is 4.72 Å². The lowest BCUT2D eigenvalue weighted by molar-refractivity contribution is 0.564. The Hall–Kier alpha value is -0.800. The van der Waals surface area contributed by atoms with Crippen LogP contribution in [0.2, 0.25) is 0 Å². The van der Waals surface area contributed by atoms with E-state index in [-0.39, 0.29) is 5.70 Å². The van der Waals surface area contributed by atoms with E-state index in [1.165, 1.54) is 12.9 Å². The van der Waals surface area contributed by atoms with E-state index in [0.717, 1.165) is 6.26 Å². The molecule has 0 aliphatic carbocycles. The zero-order valence-corrected chi connectivity index (χ0v) is 5.95. The van der Waals surface area contributed by atoms with Gasteiger partial charge in [0.15, 0.2) is 0 Å². The van der Waals surface area contributed by atoms with Crippen LogP contribution in [-0.4, -0.2) is 20.6 Å². The fraction of sp³-hybridized carbons (Fsp3) is 0.500. The number of nitrogens with one attached hydrogen (secondary N) is 1. The van der Waals surface area contributed by atoms with Crippen molar-refractivity contribution in [3.05, 3.63) is 5.70 Å². The lowest BCUT2D eigenvalue weighted by Gasteiger charge is -1.96. The van der Waals surface area contributed by atoms with Crippen LogP contribution in [0, 0.1) is 0 Å².